The molecule has 2 N–H and O–H groups in total. The van der Waals surface area contributed by atoms with Gasteiger partial charge in [-0.15, -0.1) is 0 Å². The summed E-state index contributed by atoms with van der Waals surface area (Å²) < 4.78 is 5.58. The SMILES string of the molecule is CCNC(=O)Nc1nccnc1OCc1cccc(Cl)c1. The average molecular weight is 307 g/mol. The monoisotopic (exact) mass is 306 g/mol. The minimum Gasteiger partial charge on any atom is -0.470 e. The molecule has 0 radical (unpaired) electrons. The number of aromatic nitrogens is 2. The minimum absolute atomic E-state index is 0.253. The molecule has 0 atom stereocenters. The van der Waals surface area contributed by atoms with Gasteiger partial charge in [-0.25, -0.2) is 14.8 Å². The maximum atomic E-state index is 11.5. The van der Waals surface area contributed by atoms with Crippen LogP contribution in [0, 0.1) is 0 Å². The van der Waals surface area contributed by atoms with Gasteiger partial charge in [-0.3, -0.25) is 5.32 Å². The molecular formula is C14H15ClN4O2. The number of nitrogens with one attached hydrogen (secondary N) is 2. The van der Waals surface area contributed by atoms with Crippen LogP contribution in [0.5, 0.6) is 5.88 Å². The Morgan fingerprint density at radius 2 is 2.14 bits per heavy atom. The van der Waals surface area contributed by atoms with E-state index in [-0.39, 0.29) is 24.3 Å². The van der Waals surface area contributed by atoms with E-state index in [1.54, 1.807) is 12.1 Å². The minimum atomic E-state index is -0.356. The van der Waals surface area contributed by atoms with E-state index >= 15 is 0 Å². The molecule has 7 heteroatoms. The molecule has 0 unspecified atom stereocenters. The van der Waals surface area contributed by atoms with Crippen molar-refractivity contribution in [2.24, 2.45) is 0 Å². The molecule has 0 saturated carbocycles. The molecule has 110 valence electrons. The van der Waals surface area contributed by atoms with Gasteiger partial charge in [0.25, 0.3) is 5.88 Å². The Labute approximate surface area is 127 Å². The van der Waals surface area contributed by atoms with Crippen molar-refractivity contribution in [3.05, 3.63) is 47.2 Å². The average Bonchev–Trinajstić information content (AvgIpc) is 2.47. The highest BCUT2D eigenvalue weighted by Crippen LogP contribution is 2.19. The first-order valence-corrected chi connectivity index (χ1v) is 6.80. The zero-order valence-electron chi connectivity index (χ0n) is 11.5. The number of carbonyl (C=O) groups is 1. The molecule has 2 rings (SSSR count). The molecule has 0 bridgehead atoms. The number of carbonyl (C=O) groups excluding carboxylic acids is 1. The van der Waals surface area contributed by atoms with Gasteiger partial charge in [0, 0.05) is 24.0 Å². The summed E-state index contributed by atoms with van der Waals surface area (Å²) in [6, 6.07) is 6.96. The maximum Gasteiger partial charge on any atom is 0.320 e. The molecule has 1 aromatic heterocycles. The maximum absolute atomic E-state index is 11.5. The third-order valence-electron chi connectivity index (χ3n) is 2.50. The number of amides is 2. The fraction of sp³-hybridized carbons (Fsp3) is 0.214. The van der Waals surface area contributed by atoms with Crippen molar-refractivity contribution in [1.29, 1.82) is 0 Å². The van der Waals surface area contributed by atoms with Gasteiger partial charge in [0.05, 0.1) is 0 Å². The van der Waals surface area contributed by atoms with Crippen LogP contribution >= 0.6 is 11.6 Å². The summed E-state index contributed by atoms with van der Waals surface area (Å²) in [4.78, 5) is 19.6. The fourth-order valence-corrected chi connectivity index (χ4v) is 1.82. The van der Waals surface area contributed by atoms with Gasteiger partial charge in [-0.05, 0) is 24.6 Å². The number of hydrogen-bond donors (Lipinski definition) is 2. The van der Waals surface area contributed by atoms with Crippen molar-refractivity contribution in [1.82, 2.24) is 15.3 Å². The van der Waals surface area contributed by atoms with E-state index in [1.165, 1.54) is 12.4 Å². The Morgan fingerprint density at radius 3 is 2.90 bits per heavy atom. The Hall–Kier alpha value is -2.34. The van der Waals surface area contributed by atoms with Crippen LogP contribution in [0.25, 0.3) is 0 Å². The third kappa shape index (κ3) is 4.61. The van der Waals surface area contributed by atoms with Crippen LogP contribution in [-0.4, -0.2) is 22.5 Å². The molecular weight excluding hydrogens is 292 g/mol. The van der Waals surface area contributed by atoms with Crippen LogP contribution in [0.15, 0.2) is 36.7 Å². The Bertz CT molecular complexity index is 621. The molecule has 1 heterocycles. The summed E-state index contributed by atoms with van der Waals surface area (Å²) in [7, 11) is 0. The van der Waals surface area contributed by atoms with E-state index in [1.807, 2.05) is 19.1 Å². The number of rotatable bonds is 5. The summed E-state index contributed by atoms with van der Waals surface area (Å²) in [6.45, 7) is 2.63. The van der Waals surface area contributed by atoms with Crippen molar-refractivity contribution >= 4 is 23.4 Å². The van der Waals surface area contributed by atoms with Crippen LogP contribution in [-0.2, 0) is 6.61 Å². The molecule has 21 heavy (non-hydrogen) atoms. The van der Waals surface area contributed by atoms with Crippen molar-refractivity contribution in [2.75, 3.05) is 11.9 Å². The van der Waals surface area contributed by atoms with Crippen molar-refractivity contribution < 1.29 is 9.53 Å². The molecule has 0 aliphatic carbocycles. The van der Waals surface area contributed by atoms with Gasteiger partial charge in [-0.1, -0.05) is 23.7 Å². The Kier molecular flexibility index (Phi) is 5.34. The molecule has 1 aromatic carbocycles. The Morgan fingerprint density at radius 1 is 1.33 bits per heavy atom. The molecule has 0 aliphatic heterocycles. The third-order valence-corrected chi connectivity index (χ3v) is 2.73. The highest BCUT2D eigenvalue weighted by molar-refractivity contribution is 6.30. The zero-order chi connectivity index (χ0) is 15.1. The number of hydrogen-bond acceptors (Lipinski definition) is 4. The van der Waals surface area contributed by atoms with Crippen LogP contribution < -0.4 is 15.4 Å². The topological polar surface area (TPSA) is 76.1 Å². The smallest absolute Gasteiger partial charge is 0.320 e. The van der Waals surface area contributed by atoms with Gasteiger partial charge in [0.1, 0.15) is 6.61 Å². The number of halogens is 1. The summed E-state index contributed by atoms with van der Waals surface area (Å²) in [6.07, 6.45) is 2.98. The van der Waals surface area contributed by atoms with E-state index in [2.05, 4.69) is 20.6 Å². The van der Waals surface area contributed by atoms with Crippen LogP contribution in [0.2, 0.25) is 5.02 Å². The summed E-state index contributed by atoms with van der Waals surface area (Å²) in [5.74, 6) is 0.522. The quantitative estimate of drug-likeness (QED) is 0.890. The number of anilines is 1. The first kappa shape index (κ1) is 15.1. The Balaban J connectivity index is 2.04. The van der Waals surface area contributed by atoms with Crippen LogP contribution in [0.4, 0.5) is 10.6 Å². The molecule has 6 nitrogen and oxygen atoms in total. The van der Waals surface area contributed by atoms with Gasteiger partial charge in [-0.2, -0.15) is 0 Å². The second-order valence-electron chi connectivity index (χ2n) is 4.11. The predicted molar refractivity (Wildman–Crippen MR) is 80.5 cm³/mol. The molecule has 2 aromatic rings. The van der Waals surface area contributed by atoms with E-state index in [9.17, 15) is 4.79 Å². The highest BCUT2D eigenvalue weighted by Gasteiger charge is 2.10. The molecule has 2 amide bonds. The van der Waals surface area contributed by atoms with Gasteiger partial charge >= 0.3 is 6.03 Å². The van der Waals surface area contributed by atoms with E-state index < -0.39 is 0 Å². The van der Waals surface area contributed by atoms with Gasteiger partial charge < -0.3 is 10.1 Å². The largest absolute Gasteiger partial charge is 0.470 e. The number of ether oxygens (including phenoxy) is 1. The first-order chi connectivity index (χ1) is 10.2. The summed E-state index contributed by atoms with van der Waals surface area (Å²) in [5, 5.41) is 5.83. The lowest BCUT2D eigenvalue weighted by atomic mass is 10.2. The lowest BCUT2D eigenvalue weighted by molar-refractivity contribution is 0.252. The normalized spacial score (nSPS) is 10.0. The van der Waals surface area contributed by atoms with Crippen molar-refractivity contribution in [3.8, 4) is 5.88 Å². The number of benzene rings is 1. The number of urea groups is 1. The summed E-state index contributed by atoms with van der Waals surface area (Å²) in [5.41, 5.74) is 0.900. The van der Waals surface area contributed by atoms with E-state index in [0.29, 0.717) is 11.6 Å². The van der Waals surface area contributed by atoms with Gasteiger partial charge in [0.2, 0.25) is 0 Å². The highest BCUT2D eigenvalue weighted by atomic mass is 35.5. The standard InChI is InChI=1S/C14H15ClN4O2/c1-2-16-14(20)19-12-13(18-7-6-17-12)21-9-10-4-3-5-11(15)8-10/h3-8H,2,9H2,1H3,(H2,16,17,19,20). The first-order valence-electron chi connectivity index (χ1n) is 6.42. The lowest BCUT2D eigenvalue weighted by Gasteiger charge is -2.10. The molecule has 0 fully saturated rings. The fourth-order valence-electron chi connectivity index (χ4n) is 1.61. The van der Waals surface area contributed by atoms with E-state index in [4.69, 9.17) is 16.3 Å². The second-order valence-corrected chi connectivity index (χ2v) is 4.55. The zero-order valence-corrected chi connectivity index (χ0v) is 12.2. The molecule has 0 saturated heterocycles. The molecule has 0 aliphatic rings. The van der Waals surface area contributed by atoms with E-state index in [0.717, 1.165) is 5.56 Å². The second kappa shape index (κ2) is 7.44. The summed E-state index contributed by atoms with van der Waals surface area (Å²) >= 11 is 5.91. The van der Waals surface area contributed by atoms with Gasteiger partial charge in [0.15, 0.2) is 5.82 Å². The van der Waals surface area contributed by atoms with Crippen molar-refractivity contribution in [2.45, 2.75) is 13.5 Å². The predicted octanol–water partition coefficient (Wildman–Crippen LogP) is 2.85. The lowest BCUT2D eigenvalue weighted by Crippen LogP contribution is -2.28. The number of nitrogens with zero attached hydrogens (tertiary/aromatic N) is 2. The van der Waals surface area contributed by atoms with Crippen LogP contribution in [0.1, 0.15) is 12.5 Å². The van der Waals surface area contributed by atoms with Crippen molar-refractivity contribution in [3.63, 3.8) is 0 Å². The van der Waals surface area contributed by atoms with Crippen LogP contribution in [0.3, 0.4) is 0 Å². The molecule has 0 spiro atoms.